The Labute approximate surface area is 180 Å². The molecule has 160 valence electrons. The van der Waals surface area contributed by atoms with Gasteiger partial charge in [0.05, 0.1) is 16.5 Å². The van der Waals surface area contributed by atoms with Crippen molar-refractivity contribution in [3.05, 3.63) is 54.1 Å². The third-order valence-corrected chi connectivity index (χ3v) is 7.31. The van der Waals surface area contributed by atoms with Crippen LogP contribution in [0, 0.1) is 0 Å². The van der Waals surface area contributed by atoms with Crippen LogP contribution in [0.3, 0.4) is 0 Å². The average Bonchev–Trinajstić information content (AvgIpc) is 3.47. The highest BCUT2D eigenvalue weighted by Crippen LogP contribution is 2.28. The van der Waals surface area contributed by atoms with Crippen LogP contribution in [-0.4, -0.2) is 47.5 Å². The summed E-state index contributed by atoms with van der Waals surface area (Å²) in [5.41, 5.74) is 2.00. The van der Waals surface area contributed by atoms with Crippen LogP contribution >= 0.6 is 0 Å². The number of ether oxygens (including phenoxy) is 1. The van der Waals surface area contributed by atoms with Gasteiger partial charge in [0, 0.05) is 18.5 Å². The number of nitrogens with zero attached hydrogens (tertiary/aromatic N) is 4. The van der Waals surface area contributed by atoms with Crippen LogP contribution in [0.1, 0.15) is 25.3 Å². The molecule has 2 aromatic heterocycles. The summed E-state index contributed by atoms with van der Waals surface area (Å²) >= 11 is 0. The molecule has 0 bridgehead atoms. The van der Waals surface area contributed by atoms with Crippen molar-refractivity contribution in [1.82, 2.24) is 19.8 Å². The lowest BCUT2D eigenvalue weighted by Crippen LogP contribution is -2.19. The van der Waals surface area contributed by atoms with E-state index in [0.717, 1.165) is 42.3 Å². The van der Waals surface area contributed by atoms with E-state index in [0.29, 0.717) is 12.4 Å². The number of rotatable bonds is 6. The summed E-state index contributed by atoms with van der Waals surface area (Å²) in [6, 6.07) is 14.4. The number of nitrogens with one attached hydrogen (secondary N) is 1. The van der Waals surface area contributed by atoms with Crippen molar-refractivity contribution >= 4 is 32.2 Å². The van der Waals surface area contributed by atoms with Gasteiger partial charge in [-0.1, -0.05) is 36.4 Å². The molecular weight excluding hydrogens is 414 g/mol. The fourth-order valence-electron chi connectivity index (χ4n) is 3.89. The Morgan fingerprint density at radius 1 is 1.16 bits per heavy atom. The maximum absolute atomic E-state index is 13.3. The Bertz CT molecular complexity index is 1340. The number of aromatic nitrogens is 4. The Kier molecular flexibility index (Phi) is 5.07. The van der Waals surface area contributed by atoms with E-state index in [2.05, 4.69) is 20.6 Å². The van der Waals surface area contributed by atoms with Gasteiger partial charge in [0.1, 0.15) is 5.82 Å². The van der Waals surface area contributed by atoms with Gasteiger partial charge >= 0.3 is 0 Å². The van der Waals surface area contributed by atoms with Crippen LogP contribution in [0.25, 0.3) is 16.6 Å². The number of fused-ring (bicyclic) bond motifs is 3. The molecule has 31 heavy (non-hydrogen) atoms. The first kappa shape index (κ1) is 19.9. The monoisotopic (exact) mass is 437 g/mol. The molecule has 1 aliphatic heterocycles. The number of aryl methyl sites for hydroxylation is 1. The minimum Gasteiger partial charge on any atom is -0.376 e. The Morgan fingerprint density at radius 3 is 2.71 bits per heavy atom. The van der Waals surface area contributed by atoms with Gasteiger partial charge in [-0.05, 0) is 49.1 Å². The van der Waals surface area contributed by atoms with Crippen molar-refractivity contribution in [2.24, 2.45) is 0 Å². The maximum atomic E-state index is 13.3. The second-order valence-electron chi connectivity index (χ2n) is 7.62. The van der Waals surface area contributed by atoms with Crippen molar-refractivity contribution in [3.63, 3.8) is 0 Å². The highest BCUT2D eigenvalue weighted by atomic mass is 32.2. The first-order valence-corrected chi connectivity index (χ1v) is 11.9. The van der Waals surface area contributed by atoms with Gasteiger partial charge in [0.25, 0.3) is 0 Å². The molecule has 1 atom stereocenters. The minimum absolute atomic E-state index is 0.125. The van der Waals surface area contributed by atoms with Gasteiger partial charge in [-0.2, -0.15) is 4.52 Å². The zero-order valence-corrected chi connectivity index (χ0v) is 18.0. The summed E-state index contributed by atoms with van der Waals surface area (Å²) in [6.45, 7) is 3.40. The number of para-hydroxylation sites is 1. The first-order valence-electron chi connectivity index (χ1n) is 10.4. The van der Waals surface area contributed by atoms with E-state index in [-0.39, 0.29) is 21.7 Å². The van der Waals surface area contributed by atoms with E-state index in [9.17, 15) is 8.42 Å². The van der Waals surface area contributed by atoms with Crippen LogP contribution in [-0.2, 0) is 21.0 Å². The topological polar surface area (TPSA) is 98.5 Å². The molecule has 0 spiro atoms. The molecule has 1 fully saturated rings. The molecule has 0 radical (unpaired) electrons. The molecule has 3 heterocycles. The standard InChI is InChI=1S/C22H23N5O3S/c1-2-15-9-11-17(12-10-15)31(28,29)22-21-24-20(23-14-16-6-5-13-30-16)18-7-3-4-8-19(18)27(21)26-25-22/h3-4,7-12,16H,2,5-6,13-14H2,1H3,(H,23,24). The lowest BCUT2D eigenvalue weighted by molar-refractivity contribution is 0.120. The molecule has 1 aliphatic rings. The molecule has 0 amide bonds. The number of hydrogen-bond donors (Lipinski definition) is 1. The lowest BCUT2D eigenvalue weighted by Gasteiger charge is -2.13. The molecular formula is C22H23N5O3S. The van der Waals surface area contributed by atoms with E-state index < -0.39 is 9.84 Å². The highest BCUT2D eigenvalue weighted by Gasteiger charge is 2.27. The summed E-state index contributed by atoms with van der Waals surface area (Å²) < 4.78 is 33.8. The average molecular weight is 438 g/mol. The van der Waals surface area contributed by atoms with Gasteiger partial charge in [-0.15, -0.1) is 5.10 Å². The van der Waals surface area contributed by atoms with Crippen LogP contribution in [0.4, 0.5) is 5.82 Å². The third-order valence-electron chi connectivity index (χ3n) is 5.64. The quantitative estimate of drug-likeness (QED) is 0.494. The van der Waals surface area contributed by atoms with Crippen molar-refractivity contribution in [2.75, 3.05) is 18.5 Å². The van der Waals surface area contributed by atoms with Crippen LogP contribution in [0.2, 0.25) is 0 Å². The molecule has 1 N–H and O–H groups in total. The summed E-state index contributed by atoms with van der Waals surface area (Å²) in [7, 11) is -3.87. The normalized spacial score (nSPS) is 16.9. The molecule has 4 aromatic rings. The fourth-order valence-corrected chi connectivity index (χ4v) is 5.12. The molecule has 9 heteroatoms. The fraction of sp³-hybridized carbons (Fsp3) is 0.318. The van der Waals surface area contributed by atoms with Crippen LogP contribution < -0.4 is 5.32 Å². The summed E-state index contributed by atoms with van der Waals surface area (Å²) in [6.07, 6.45) is 3.00. The molecule has 0 aliphatic carbocycles. The smallest absolute Gasteiger partial charge is 0.229 e. The van der Waals surface area contributed by atoms with E-state index in [1.54, 1.807) is 12.1 Å². The van der Waals surface area contributed by atoms with E-state index in [4.69, 9.17) is 4.74 Å². The van der Waals surface area contributed by atoms with Gasteiger partial charge in [-0.25, -0.2) is 13.4 Å². The molecule has 8 nitrogen and oxygen atoms in total. The van der Waals surface area contributed by atoms with Crippen molar-refractivity contribution in [3.8, 4) is 0 Å². The highest BCUT2D eigenvalue weighted by molar-refractivity contribution is 7.91. The van der Waals surface area contributed by atoms with E-state index >= 15 is 0 Å². The summed E-state index contributed by atoms with van der Waals surface area (Å²) in [5.74, 6) is 0.596. The van der Waals surface area contributed by atoms with Crippen LogP contribution in [0.15, 0.2) is 58.5 Å². The first-order chi connectivity index (χ1) is 15.1. The summed E-state index contributed by atoms with van der Waals surface area (Å²) in [4.78, 5) is 4.82. The second kappa shape index (κ2) is 7.90. The van der Waals surface area contributed by atoms with Crippen molar-refractivity contribution < 1.29 is 13.2 Å². The number of anilines is 1. The van der Waals surface area contributed by atoms with Gasteiger partial charge < -0.3 is 10.1 Å². The van der Waals surface area contributed by atoms with Crippen molar-refractivity contribution in [1.29, 1.82) is 0 Å². The van der Waals surface area contributed by atoms with Gasteiger partial charge in [0.15, 0.2) is 5.65 Å². The molecule has 2 aromatic carbocycles. The maximum Gasteiger partial charge on any atom is 0.229 e. The van der Waals surface area contributed by atoms with E-state index in [1.165, 1.54) is 4.52 Å². The van der Waals surface area contributed by atoms with Gasteiger partial charge in [0.2, 0.25) is 14.9 Å². The summed E-state index contributed by atoms with van der Waals surface area (Å²) in [5, 5.41) is 12.2. The Balaban J connectivity index is 1.62. The molecule has 1 unspecified atom stereocenters. The largest absolute Gasteiger partial charge is 0.376 e. The molecule has 5 rings (SSSR count). The minimum atomic E-state index is -3.87. The lowest BCUT2D eigenvalue weighted by atomic mass is 10.2. The predicted molar refractivity (Wildman–Crippen MR) is 117 cm³/mol. The SMILES string of the molecule is CCc1ccc(S(=O)(=O)c2nnn3c2nc(NCC2CCCO2)c2ccccc23)cc1. The van der Waals surface area contributed by atoms with Gasteiger partial charge in [-0.3, -0.25) is 0 Å². The third kappa shape index (κ3) is 3.53. The second-order valence-corrected chi connectivity index (χ2v) is 9.49. The van der Waals surface area contributed by atoms with E-state index in [1.807, 2.05) is 43.3 Å². The molecule has 0 saturated carbocycles. The predicted octanol–water partition coefficient (Wildman–Crippen LogP) is 3.26. The van der Waals surface area contributed by atoms with Crippen molar-refractivity contribution in [2.45, 2.75) is 42.2 Å². The number of hydrogen-bond acceptors (Lipinski definition) is 7. The number of benzene rings is 2. The zero-order chi connectivity index (χ0) is 21.4. The number of sulfone groups is 1. The van der Waals surface area contributed by atoms with Crippen LogP contribution in [0.5, 0.6) is 0 Å². The Morgan fingerprint density at radius 2 is 1.97 bits per heavy atom. The molecule has 1 saturated heterocycles. The zero-order valence-electron chi connectivity index (χ0n) is 17.2. The Hall–Kier alpha value is -3.04.